The molecule has 0 atom stereocenters. The summed E-state index contributed by atoms with van der Waals surface area (Å²) in [6.45, 7) is 0. The minimum atomic E-state index is -0.498. The van der Waals surface area contributed by atoms with Gasteiger partial charge in [-0.15, -0.1) is 0 Å². The fraction of sp³-hybridized carbons (Fsp3) is 0.400. The smallest absolute Gasteiger partial charge is 0.292 e. The molecule has 1 saturated carbocycles. The molecule has 1 fully saturated rings. The zero-order valence-electron chi connectivity index (χ0n) is 8.18. The van der Waals surface area contributed by atoms with Gasteiger partial charge in [-0.05, 0) is 25.3 Å². The van der Waals surface area contributed by atoms with Crippen molar-refractivity contribution in [1.82, 2.24) is 0 Å². The van der Waals surface area contributed by atoms with Crippen molar-refractivity contribution in [2.45, 2.75) is 25.4 Å². The van der Waals surface area contributed by atoms with E-state index in [1.807, 2.05) is 0 Å². The van der Waals surface area contributed by atoms with Gasteiger partial charge in [-0.1, -0.05) is 0 Å². The van der Waals surface area contributed by atoms with Crippen LogP contribution >= 0.6 is 0 Å². The van der Waals surface area contributed by atoms with Crippen molar-refractivity contribution in [1.29, 1.82) is 0 Å². The monoisotopic (exact) mass is 208 g/mol. The highest BCUT2D eigenvalue weighted by Crippen LogP contribution is 2.30. The van der Waals surface area contributed by atoms with Gasteiger partial charge in [0.2, 0.25) is 0 Å². The highest BCUT2D eigenvalue weighted by molar-refractivity contribution is 5.60. The van der Waals surface area contributed by atoms with Gasteiger partial charge in [0.15, 0.2) is 0 Å². The third-order valence-electron chi connectivity index (χ3n) is 2.55. The van der Waals surface area contributed by atoms with Crippen molar-refractivity contribution in [3.05, 3.63) is 28.3 Å². The fourth-order valence-corrected chi connectivity index (χ4v) is 1.45. The first-order chi connectivity index (χ1) is 7.16. The predicted molar refractivity (Wildman–Crippen MR) is 55.8 cm³/mol. The molecule has 1 aromatic rings. The Kier molecular flexibility index (Phi) is 2.45. The molecule has 2 N–H and O–H groups in total. The van der Waals surface area contributed by atoms with Crippen LogP contribution in [-0.2, 0) is 0 Å². The number of anilines is 1. The molecule has 0 saturated heterocycles. The molecule has 2 rings (SSSR count). The Morgan fingerprint density at radius 2 is 2.20 bits per heavy atom. The number of hydrogen-bond donors (Lipinski definition) is 1. The molecule has 1 aliphatic carbocycles. The summed E-state index contributed by atoms with van der Waals surface area (Å²) in [5.74, 6) is 0.614. The molecule has 1 aliphatic rings. The number of nitrogens with zero attached hydrogens (tertiary/aromatic N) is 1. The van der Waals surface area contributed by atoms with E-state index in [2.05, 4.69) is 0 Å². The van der Waals surface area contributed by atoms with E-state index in [0.29, 0.717) is 5.75 Å². The Morgan fingerprint density at radius 1 is 1.47 bits per heavy atom. The summed E-state index contributed by atoms with van der Waals surface area (Å²) in [6.07, 6.45) is 3.55. The lowest BCUT2D eigenvalue weighted by Gasteiger charge is -2.26. The van der Waals surface area contributed by atoms with Crippen LogP contribution in [0.25, 0.3) is 0 Å². The minimum absolute atomic E-state index is 0.0732. The molecule has 0 amide bonds. The normalized spacial score (nSPS) is 15.7. The maximum absolute atomic E-state index is 10.5. The number of benzene rings is 1. The van der Waals surface area contributed by atoms with Gasteiger partial charge in [0.1, 0.15) is 11.4 Å². The molecule has 15 heavy (non-hydrogen) atoms. The molecule has 0 unspecified atom stereocenters. The molecular formula is C10H12N2O3. The Balaban J connectivity index is 2.13. The fourth-order valence-electron chi connectivity index (χ4n) is 1.45. The molecule has 0 aromatic heterocycles. The molecular weight excluding hydrogens is 196 g/mol. The summed E-state index contributed by atoms with van der Waals surface area (Å²) in [7, 11) is 0. The molecule has 0 heterocycles. The lowest BCUT2D eigenvalue weighted by Crippen LogP contribution is -2.24. The Bertz CT molecular complexity index is 388. The minimum Gasteiger partial charge on any atom is -0.490 e. The van der Waals surface area contributed by atoms with Gasteiger partial charge in [-0.2, -0.15) is 0 Å². The van der Waals surface area contributed by atoms with Gasteiger partial charge in [0.05, 0.1) is 11.0 Å². The van der Waals surface area contributed by atoms with Crippen molar-refractivity contribution in [3.8, 4) is 5.75 Å². The quantitative estimate of drug-likeness (QED) is 0.468. The van der Waals surface area contributed by atoms with Crippen molar-refractivity contribution < 1.29 is 9.66 Å². The highest BCUT2D eigenvalue weighted by Gasteiger charge is 2.20. The lowest BCUT2D eigenvalue weighted by atomic mass is 9.96. The van der Waals surface area contributed by atoms with Crippen LogP contribution in [0.1, 0.15) is 19.3 Å². The van der Waals surface area contributed by atoms with Crippen LogP contribution in [0.4, 0.5) is 11.4 Å². The standard InChI is InChI=1S/C10H12N2O3/c11-9-6-8(15-7-2-1-3-7)4-5-10(9)12(13)14/h4-7H,1-3,11H2. The second kappa shape index (κ2) is 3.76. The van der Waals surface area contributed by atoms with Crippen LogP contribution in [0.5, 0.6) is 5.75 Å². The molecule has 80 valence electrons. The first-order valence-electron chi connectivity index (χ1n) is 4.87. The third-order valence-corrected chi connectivity index (χ3v) is 2.55. The van der Waals surface area contributed by atoms with E-state index >= 15 is 0 Å². The SMILES string of the molecule is Nc1cc(OC2CCC2)ccc1[N+](=O)[O-]. The Morgan fingerprint density at radius 3 is 2.67 bits per heavy atom. The Labute approximate surface area is 87.0 Å². The van der Waals surface area contributed by atoms with E-state index < -0.39 is 4.92 Å². The number of ether oxygens (including phenoxy) is 1. The molecule has 1 aromatic carbocycles. The number of nitrogen functional groups attached to an aromatic ring is 1. The van der Waals surface area contributed by atoms with Crippen molar-refractivity contribution in [2.24, 2.45) is 0 Å². The summed E-state index contributed by atoms with van der Waals surface area (Å²) in [6, 6.07) is 4.48. The van der Waals surface area contributed by atoms with Gasteiger partial charge in [0.25, 0.3) is 5.69 Å². The van der Waals surface area contributed by atoms with E-state index in [9.17, 15) is 10.1 Å². The average Bonchev–Trinajstić information content (AvgIpc) is 2.11. The predicted octanol–water partition coefficient (Wildman–Crippen LogP) is 2.11. The second-order valence-corrected chi connectivity index (χ2v) is 3.65. The van der Waals surface area contributed by atoms with Crippen LogP contribution in [0.15, 0.2) is 18.2 Å². The van der Waals surface area contributed by atoms with Crippen LogP contribution in [0.3, 0.4) is 0 Å². The average molecular weight is 208 g/mol. The Hall–Kier alpha value is -1.78. The van der Waals surface area contributed by atoms with Gasteiger partial charge in [-0.25, -0.2) is 0 Å². The maximum atomic E-state index is 10.5. The third kappa shape index (κ3) is 2.01. The maximum Gasteiger partial charge on any atom is 0.292 e. The summed E-state index contributed by atoms with van der Waals surface area (Å²) < 4.78 is 5.56. The van der Waals surface area contributed by atoms with Crippen LogP contribution < -0.4 is 10.5 Å². The van der Waals surface area contributed by atoms with E-state index in [-0.39, 0.29) is 17.5 Å². The number of nitro groups is 1. The second-order valence-electron chi connectivity index (χ2n) is 3.65. The number of hydrogen-bond acceptors (Lipinski definition) is 4. The van der Waals surface area contributed by atoms with Gasteiger partial charge < -0.3 is 10.5 Å². The van der Waals surface area contributed by atoms with Crippen molar-refractivity contribution >= 4 is 11.4 Å². The van der Waals surface area contributed by atoms with E-state index in [1.54, 1.807) is 6.07 Å². The summed E-state index contributed by atoms with van der Waals surface area (Å²) in [4.78, 5) is 10.0. The van der Waals surface area contributed by atoms with Crippen molar-refractivity contribution in [2.75, 3.05) is 5.73 Å². The molecule has 0 spiro atoms. The number of rotatable bonds is 3. The number of nitro benzene ring substituents is 1. The number of nitrogens with two attached hydrogens (primary N) is 1. The van der Waals surface area contributed by atoms with E-state index in [1.165, 1.54) is 18.6 Å². The lowest BCUT2D eigenvalue weighted by molar-refractivity contribution is -0.383. The summed E-state index contributed by atoms with van der Waals surface area (Å²) >= 11 is 0. The van der Waals surface area contributed by atoms with Crippen molar-refractivity contribution in [3.63, 3.8) is 0 Å². The largest absolute Gasteiger partial charge is 0.490 e. The van der Waals surface area contributed by atoms with Crippen LogP contribution in [0, 0.1) is 10.1 Å². The zero-order chi connectivity index (χ0) is 10.8. The first-order valence-corrected chi connectivity index (χ1v) is 4.87. The van der Waals surface area contributed by atoms with Crippen LogP contribution in [0.2, 0.25) is 0 Å². The highest BCUT2D eigenvalue weighted by atomic mass is 16.6. The van der Waals surface area contributed by atoms with E-state index in [0.717, 1.165) is 12.8 Å². The summed E-state index contributed by atoms with van der Waals surface area (Å²) in [5, 5.41) is 10.5. The zero-order valence-corrected chi connectivity index (χ0v) is 8.18. The molecule has 5 nitrogen and oxygen atoms in total. The molecule has 5 heteroatoms. The van der Waals surface area contributed by atoms with Gasteiger partial charge >= 0.3 is 0 Å². The molecule has 0 bridgehead atoms. The van der Waals surface area contributed by atoms with Gasteiger partial charge in [-0.3, -0.25) is 10.1 Å². The van der Waals surface area contributed by atoms with Crippen LogP contribution in [-0.4, -0.2) is 11.0 Å². The van der Waals surface area contributed by atoms with E-state index in [4.69, 9.17) is 10.5 Å². The molecule has 0 aliphatic heterocycles. The summed E-state index contributed by atoms with van der Waals surface area (Å²) in [5.41, 5.74) is 5.61. The molecule has 0 radical (unpaired) electrons. The first kappa shape index (κ1) is 9.76. The topological polar surface area (TPSA) is 78.4 Å². The van der Waals surface area contributed by atoms with Gasteiger partial charge in [0, 0.05) is 12.1 Å².